The van der Waals surface area contributed by atoms with Gasteiger partial charge in [0, 0.05) is 53.2 Å². The molecule has 0 radical (unpaired) electrons. The number of ether oxygens (including phenoxy) is 3. The second-order valence-electron chi connectivity index (χ2n) is 12.0. The molecule has 40 heavy (non-hydrogen) atoms. The standard InChI is InChI=1S/C30H47N5O4Si/c1-6-7-16-39-30-32-26-25(20-35(27(26)29(31)33-30)21-38-17-18-40(3,4)5)28(36)23-10-8-22(9-11-23)19-34-14-12-24(37-2)13-15-34/h8-11,20,24,28,36H,6-7,12-19,21H2,1-5H3,(H2,31,32,33). The summed E-state index contributed by atoms with van der Waals surface area (Å²) in [7, 11) is 0.582. The molecule has 0 aliphatic carbocycles. The maximum atomic E-state index is 11.5. The number of nitrogens with two attached hydrogens (primary N) is 1. The van der Waals surface area contributed by atoms with Crippen LogP contribution in [0.2, 0.25) is 25.7 Å². The first-order chi connectivity index (χ1) is 19.2. The molecule has 0 bridgehead atoms. The fraction of sp³-hybridized carbons (Fsp3) is 0.600. The molecular weight excluding hydrogens is 522 g/mol. The van der Waals surface area contributed by atoms with Crippen LogP contribution in [0, 0.1) is 0 Å². The highest BCUT2D eigenvalue weighted by molar-refractivity contribution is 6.76. The van der Waals surface area contributed by atoms with Crippen molar-refractivity contribution in [1.82, 2.24) is 19.4 Å². The number of hydrogen-bond donors (Lipinski definition) is 2. The average molecular weight is 570 g/mol. The summed E-state index contributed by atoms with van der Waals surface area (Å²) in [4.78, 5) is 11.6. The number of fused-ring (bicyclic) bond motifs is 1. The number of hydrogen-bond acceptors (Lipinski definition) is 8. The van der Waals surface area contributed by atoms with Crippen molar-refractivity contribution in [3.8, 4) is 6.01 Å². The molecule has 0 saturated carbocycles. The molecule has 2 aromatic heterocycles. The fourth-order valence-corrected chi connectivity index (χ4v) is 5.75. The predicted molar refractivity (Wildman–Crippen MR) is 162 cm³/mol. The van der Waals surface area contributed by atoms with Gasteiger partial charge in [-0.1, -0.05) is 57.3 Å². The zero-order valence-corrected chi connectivity index (χ0v) is 25.9. The first kappa shape index (κ1) is 30.5. The van der Waals surface area contributed by atoms with Crippen LogP contribution < -0.4 is 10.5 Å². The van der Waals surface area contributed by atoms with Gasteiger partial charge in [0.15, 0.2) is 5.82 Å². The number of nitrogen functional groups attached to an aromatic ring is 1. The van der Waals surface area contributed by atoms with Gasteiger partial charge in [-0.3, -0.25) is 4.90 Å². The quantitative estimate of drug-likeness (QED) is 0.202. The Kier molecular flexibility index (Phi) is 10.6. The lowest BCUT2D eigenvalue weighted by molar-refractivity contribution is 0.0388. The molecule has 1 aromatic carbocycles. The minimum Gasteiger partial charge on any atom is -0.463 e. The molecule has 3 heterocycles. The molecule has 1 aliphatic rings. The zero-order valence-electron chi connectivity index (χ0n) is 24.9. The van der Waals surface area contributed by atoms with Crippen LogP contribution in [-0.2, 0) is 22.7 Å². The van der Waals surface area contributed by atoms with E-state index in [1.807, 2.05) is 22.9 Å². The Hall–Kier alpha value is -2.50. The van der Waals surface area contributed by atoms with Gasteiger partial charge in [-0.2, -0.15) is 9.97 Å². The van der Waals surface area contributed by atoms with E-state index in [1.165, 1.54) is 5.56 Å². The van der Waals surface area contributed by atoms with E-state index in [9.17, 15) is 5.11 Å². The lowest BCUT2D eigenvalue weighted by atomic mass is 10.0. The molecule has 1 unspecified atom stereocenters. The number of unbranched alkanes of at least 4 members (excludes halogenated alkanes) is 1. The van der Waals surface area contributed by atoms with Gasteiger partial charge in [-0.25, -0.2) is 0 Å². The van der Waals surface area contributed by atoms with E-state index in [0.717, 1.165) is 56.9 Å². The number of benzene rings is 1. The Morgan fingerprint density at radius 3 is 2.48 bits per heavy atom. The van der Waals surface area contributed by atoms with E-state index in [2.05, 4.69) is 48.6 Å². The van der Waals surface area contributed by atoms with Crippen molar-refractivity contribution >= 4 is 24.9 Å². The Bertz CT molecular complexity index is 1220. The van der Waals surface area contributed by atoms with Crippen LogP contribution in [0.15, 0.2) is 30.5 Å². The molecule has 3 N–H and O–H groups in total. The summed E-state index contributed by atoms with van der Waals surface area (Å²) in [6.45, 7) is 13.6. The van der Waals surface area contributed by atoms with Crippen LogP contribution in [0.5, 0.6) is 6.01 Å². The molecule has 1 aliphatic heterocycles. The van der Waals surface area contributed by atoms with E-state index in [-0.39, 0.29) is 6.01 Å². The molecule has 10 heteroatoms. The van der Waals surface area contributed by atoms with Gasteiger partial charge in [0.25, 0.3) is 0 Å². The monoisotopic (exact) mass is 569 g/mol. The van der Waals surface area contributed by atoms with Crippen LogP contribution in [0.1, 0.15) is 55.4 Å². The zero-order chi connectivity index (χ0) is 28.7. The summed E-state index contributed by atoms with van der Waals surface area (Å²) in [5.74, 6) is 0.316. The lowest BCUT2D eigenvalue weighted by Gasteiger charge is -2.31. The topological polar surface area (TPSA) is 108 Å². The molecule has 4 rings (SSSR count). The second-order valence-corrected chi connectivity index (χ2v) is 17.7. The highest BCUT2D eigenvalue weighted by Gasteiger charge is 2.23. The summed E-state index contributed by atoms with van der Waals surface area (Å²) in [5, 5.41) is 11.5. The Balaban J connectivity index is 1.55. The molecule has 9 nitrogen and oxygen atoms in total. The van der Waals surface area contributed by atoms with Gasteiger partial charge in [0.2, 0.25) is 0 Å². The van der Waals surface area contributed by atoms with Crippen LogP contribution in [0.3, 0.4) is 0 Å². The van der Waals surface area contributed by atoms with Crippen LogP contribution in [-0.4, -0.2) is 72.1 Å². The molecule has 1 saturated heterocycles. The summed E-state index contributed by atoms with van der Waals surface area (Å²) in [6, 6.07) is 9.50. The first-order valence-corrected chi connectivity index (χ1v) is 18.3. The number of nitrogens with zero attached hydrogens (tertiary/aromatic N) is 4. The molecule has 0 amide bonds. The maximum Gasteiger partial charge on any atom is 0.319 e. The van der Waals surface area contributed by atoms with Crippen molar-refractivity contribution in [2.45, 2.75) is 83.8 Å². The SMILES string of the molecule is CCCCOc1nc(N)c2c(n1)c(C(O)c1ccc(CN3CCC(OC)CC3)cc1)cn2COCC[Si](C)(C)C. The van der Waals surface area contributed by atoms with Crippen molar-refractivity contribution in [2.24, 2.45) is 0 Å². The van der Waals surface area contributed by atoms with E-state index in [0.29, 0.717) is 48.5 Å². The van der Waals surface area contributed by atoms with Crippen molar-refractivity contribution in [3.63, 3.8) is 0 Å². The number of anilines is 1. The lowest BCUT2D eigenvalue weighted by Crippen LogP contribution is -2.36. The maximum absolute atomic E-state index is 11.5. The number of aromatic nitrogens is 3. The Morgan fingerprint density at radius 2 is 1.82 bits per heavy atom. The van der Waals surface area contributed by atoms with E-state index >= 15 is 0 Å². The third-order valence-electron chi connectivity index (χ3n) is 7.57. The molecule has 1 fully saturated rings. The second kappa shape index (κ2) is 13.9. The van der Waals surface area contributed by atoms with Crippen molar-refractivity contribution in [3.05, 3.63) is 47.2 Å². The Morgan fingerprint density at radius 1 is 1.10 bits per heavy atom. The summed E-state index contributed by atoms with van der Waals surface area (Å²) < 4.78 is 19.2. The minimum absolute atomic E-state index is 0.233. The number of aliphatic hydroxyl groups is 1. The molecular formula is C30H47N5O4Si. The van der Waals surface area contributed by atoms with Crippen LogP contribution in [0.25, 0.3) is 11.0 Å². The average Bonchev–Trinajstić information content (AvgIpc) is 3.30. The van der Waals surface area contributed by atoms with Crippen molar-refractivity contribution in [1.29, 1.82) is 0 Å². The van der Waals surface area contributed by atoms with Crippen molar-refractivity contribution < 1.29 is 19.3 Å². The number of rotatable bonds is 14. The smallest absolute Gasteiger partial charge is 0.319 e. The number of piperidine rings is 1. The molecule has 3 aromatic rings. The van der Waals surface area contributed by atoms with Gasteiger partial charge in [0.05, 0.1) is 12.7 Å². The summed E-state index contributed by atoms with van der Waals surface area (Å²) in [5.41, 5.74) is 10.3. The molecule has 0 spiro atoms. The number of likely N-dealkylation sites (tertiary alicyclic amines) is 1. The third kappa shape index (κ3) is 8.04. The number of methoxy groups -OCH3 is 1. The van der Waals surface area contributed by atoms with Crippen LogP contribution in [0.4, 0.5) is 5.82 Å². The van der Waals surface area contributed by atoms with Crippen LogP contribution >= 0.6 is 0 Å². The molecule has 220 valence electrons. The largest absolute Gasteiger partial charge is 0.463 e. The first-order valence-electron chi connectivity index (χ1n) is 14.6. The van der Waals surface area contributed by atoms with Gasteiger partial charge in [-0.15, -0.1) is 0 Å². The third-order valence-corrected chi connectivity index (χ3v) is 9.27. The summed E-state index contributed by atoms with van der Waals surface area (Å²) in [6.07, 6.45) is 5.42. The number of aliphatic hydroxyl groups excluding tert-OH is 1. The van der Waals surface area contributed by atoms with Crippen molar-refractivity contribution in [2.75, 3.05) is 39.1 Å². The van der Waals surface area contributed by atoms with E-state index < -0.39 is 14.2 Å². The molecule has 1 atom stereocenters. The van der Waals surface area contributed by atoms with E-state index in [1.54, 1.807) is 7.11 Å². The predicted octanol–water partition coefficient (Wildman–Crippen LogP) is 5.20. The minimum atomic E-state index is -1.21. The fourth-order valence-electron chi connectivity index (χ4n) is 4.99. The summed E-state index contributed by atoms with van der Waals surface area (Å²) >= 11 is 0. The van der Waals surface area contributed by atoms with E-state index in [4.69, 9.17) is 24.9 Å². The highest BCUT2D eigenvalue weighted by Crippen LogP contribution is 2.33. The van der Waals surface area contributed by atoms with Gasteiger partial charge < -0.3 is 29.6 Å². The van der Waals surface area contributed by atoms with Gasteiger partial charge in [-0.05, 0) is 36.4 Å². The van der Waals surface area contributed by atoms with Gasteiger partial charge >= 0.3 is 6.01 Å². The highest BCUT2D eigenvalue weighted by atomic mass is 28.3. The normalized spacial score (nSPS) is 16.1. The Labute approximate surface area is 239 Å². The van der Waals surface area contributed by atoms with Gasteiger partial charge in [0.1, 0.15) is 23.9 Å².